The molecule has 0 radical (unpaired) electrons. The molecule has 3 aromatic rings. The lowest BCUT2D eigenvalue weighted by Gasteiger charge is -2.04. The molecule has 0 fully saturated rings. The number of carbonyl (C=O) groups is 1. The highest BCUT2D eigenvalue weighted by Gasteiger charge is 2.11. The highest BCUT2D eigenvalue weighted by molar-refractivity contribution is 6.04. The van der Waals surface area contributed by atoms with Gasteiger partial charge in [-0.2, -0.15) is 10.2 Å². The highest BCUT2D eigenvalue weighted by atomic mass is 16.5. The second-order valence-corrected chi connectivity index (χ2v) is 4.67. The van der Waals surface area contributed by atoms with Crippen LogP contribution in [0.25, 0.3) is 10.9 Å². The Morgan fingerprint density at radius 1 is 1.25 bits per heavy atom. The topological polar surface area (TPSA) is 83.7 Å². The first-order chi connectivity index (χ1) is 9.63. The zero-order valence-corrected chi connectivity index (χ0v) is 11.2. The lowest BCUT2D eigenvalue weighted by molar-refractivity contribution is 0.101. The predicted molar refractivity (Wildman–Crippen MR) is 73.8 cm³/mol. The number of rotatable bonds is 4. The maximum atomic E-state index is 11.5. The van der Waals surface area contributed by atoms with Crippen LogP contribution in [0.3, 0.4) is 0 Å². The van der Waals surface area contributed by atoms with Gasteiger partial charge in [-0.05, 0) is 31.2 Å². The Hall–Kier alpha value is -2.63. The lowest BCUT2D eigenvalue weighted by Crippen LogP contribution is -1.96. The summed E-state index contributed by atoms with van der Waals surface area (Å²) in [7, 11) is 0. The van der Waals surface area contributed by atoms with Gasteiger partial charge in [0.25, 0.3) is 0 Å². The average molecular weight is 270 g/mol. The molecule has 2 aromatic heterocycles. The molecule has 0 atom stereocenters. The largest absolute Gasteiger partial charge is 0.487 e. The third kappa shape index (κ3) is 2.27. The molecule has 0 saturated heterocycles. The number of aromatic nitrogens is 4. The fourth-order valence-electron chi connectivity index (χ4n) is 2.06. The van der Waals surface area contributed by atoms with Crippen molar-refractivity contribution in [3.63, 3.8) is 0 Å². The molecule has 0 spiro atoms. The van der Waals surface area contributed by atoms with E-state index < -0.39 is 0 Å². The summed E-state index contributed by atoms with van der Waals surface area (Å²) in [5.74, 6) is 0.610. The monoisotopic (exact) mass is 270 g/mol. The van der Waals surface area contributed by atoms with E-state index >= 15 is 0 Å². The first kappa shape index (κ1) is 12.4. The minimum absolute atomic E-state index is 0.0728. The maximum Gasteiger partial charge on any atom is 0.180 e. The number of fused-ring (bicyclic) bond motifs is 1. The van der Waals surface area contributed by atoms with Crippen LogP contribution in [0.5, 0.6) is 5.75 Å². The van der Waals surface area contributed by atoms with E-state index in [1.807, 2.05) is 31.2 Å². The molecular formula is C14H14N4O2. The summed E-state index contributed by atoms with van der Waals surface area (Å²) in [6, 6.07) is 7.43. The molecule has 6 nitrogen and oxygen atoms in total. The van der Waals surface area contributed by atoms with E-state index in [1.54, 1.807) is 0 Å². The van der Waals surface area contributed by atoms with Crippen molar-refractivity contribution < 1.29 is 9.53 Å². The van der Waals surface area contributed by atoms with Crippen LogP contribution in [0.1, 0.15) is 28.8 Å². The first-order valence-corrected chi connectivity index (χ1v) is 6.26. The average Bonchev–Trinajstić information content (AvgIpc) is 3.01. The van der Waals surface area contributed by atoms with Crippen LogP contribution in [0.4, 0.5) is 0 Å². The van der Waals surface area contributed by atoms with Crippen LogP contribution < -0.4 is 4.74 Å². The van der Waals surface area contributed by atoms with Crippen molar-refractivity contribution in [2.24, 2.45) is 0 Å². The zero-order chi connectivity index (χ0) is 14.1. The van der Waals surface area contributed by atoms with E-state index in [0.717, 1.165) is 22.3 Å². The molecule has 0 aliphatic rings. The molecular weight excluding hydrogens is 256 g/mol. The van der Waals surface area contributed by atoms with E-state index in [-0.39, 0.29) is 5.78 Å². The van der Waals surface area contributed by atoms with Crippen molar-refractivity contribution in [1.29, 1.82) is 0 Å². The number of carbonyl (C=O) groups excluding carboxylic acids is 1. The summed E-state index contributed by atoms with van der Waals surface area (Å²) in [4.78, 5) is 11.5. The third-order valence-electron chi connectivity index (χ3n) is 3.01. The molecule has 2 N–H and O–H groups in total. The summed E-state index contributed by atoms with van der Waals surface area (Å²) in [5, 5.41) is 14.6. The van der Waals surface area contributed by atoms with Crippen LogP contribution in [-0.2, 0) is 6.61 Å². The second-order valence-electron chi connectivity index (χ2n) is 4.67. The van der Waals surface area contributed by atoms with Gasteiger partial charge in [-0.3, -0.25) is 15.0 Å². The summed E-state index contributed by atoms with van der Waals surface area (Å²) < 4.78 is 5.68. The SMILES string of the molecule is CC(=O)c1n[nH]c2ccc(OCc3cc(C)[nH]n3)cc12. The van der Waals surface area contributed by atoms with E-state index in [9.17, 15) is 4.79 Å². The number of hydrogen-bond donors (Lipinski definition) is 2. The van der Waals surface area contributed by atoms with Crippen LogP contribution in [0.15, 0.2) is 24.3 Å². The molecule has 0 bridgehead atoms. The van der Waals surface area contributed by atoms with Gasteiger partial charge < -0.3 is 4.74 Å². The number of H-pyrrole nitrogens is 2. The highest BCUT2D eigenvalue weighted by Crippen LogP contribution is 2.23. The number of nitrogens with one attached hydrogen (secondary N) is 2. The van der Waals surface area contributed by atoms with Gasteiger partial charge in [0.2, 0.25) is 0 Å². The normalized spacial score (nSPS) is 10.9. The van der Waals surface area contributed by atoms with Crippen LogP contribution in [0, 0.1) is 6.92 Å². The molecule has 0 saturated carbocycles. The Labute approximate surface area is 115 Å². The molecule has 0 amide bonds. The number of aryl methyl sites for hydroxylation is 1. The Morgan fingerprint density at radius 2 is 2.10 bits per heavy atom. The maximum absolute atomic E-state index is 11.5. The number of ketones is 1. The smallest absolute Gasteiger partial charge is 0.180 e. The van der Waals surface area contributed by atoms with Gasteiger partial charge in [-0.15, -0.1) is 0 Å². The van der Waals surface area contributed by atoms with Gasteiger partial charge in [0.1, 0.15) is 18.1 Å². The van der Waals surface area contributed by atoms with E-state index in [0.29, 0.717) is 18.1 Å². The zero-order valence-electron chi connectivity index (χ0n) is 11.2. The Balaban J connectivity index is 1.84. The molecule has 0 aliphatic heterocycles. The molecule has 0 unspecified atom stereocenters. The molecule has 102 valence electrons. The fourth-order valence-corrected chi connectivity index (χ4v) is 2.06. The van der Waals surface area contributed by atoms with E-state index in [1.165, 1.54) is 6.92 Å². The number of benzene rings is 1. The Morgan fingerprint density at radius 3 is 2.80 bits per heavy atom. The van der Waals surface area contributed by atoms with E-state index in [4.69, 9.17) is 4.74 Å². The number of Topliss-reactive ketones (excluding diaryl/α,β-unsaturated/α-hetero) is 1. The third-order valence-corrected chi connectivity index (χ3v) is 3.01. The van der Waals surface area contributed by atoms with Crippen LogP contribution >= 0.6 is 0 Å². The number of ether oxygens (including phenoxy) is 1. The number of aromatic amines is 2. The van der Waals surface area contributed by atoms with Crippen molar-refractivity contribution in [1.82, 2.24) is 20.4 Å². The van der Waals surface area contributed by atoms with E-state index in [2.05, 4.69) is 20.4 Å². The van der Waals surface area contributed by atoms with Gasteiger partial charge in [0.05, 0.1) is 11.2 Å². The van der Waals surface area contributed by atoms with Gasteiger partial charge >= 0.3 is 0 Å². The lowest BCUT2D eigenvalue weighted by atomic mass is 10.1. The fraction of sp³-hybridized carbons (Fsp3) is 0.214. The summed E-state index contributed by atoms with van der Waals surface area (Å²) in [6.45, 7) is 3.81. The first-order valence-electron chi connectivity index (χ1n) is 6.26. The van der Waals surface area contributed by atoms with Crippen molar-refractivity contribution in [3.8, 4) is 5.75 Å². The molecule has 20 heavy (non-hydrogen) atoms. The van der Waals surface area contributed by atoms with Crippen molar-refractivity contribution >= 4 is 16.7 Å². The van der Waals surface area contributed by atoms with Crippen LogP contribution in [-0.4, -0.2) is 26.2 Å². The summed E-state index contributed by atoms with van der Waals surface area (Å²) in [5.41, 5.74) is 3.08. The van der Waals surface area contributed by atoms with Crippen LogP contribution in [0.2, 0.25) is 0 Å². The molecule has 1 aromatic carbocycles. The second kappa shape index (κ2) is 4.80. The Kier molecular flexibility index (Phi) is 2.98. The van der Waals surface area contributed by atoms with Crippen molar-refractivity contribution in [2.75, 3.05) is 0 Å². The number of nitrogens with zero attached hydrogens (tertiary/aromatic N) is 2. The minimum atomic E-state index is -0.0728. The van der Waals surface area contributed by atoms with Gasteiger partial charge in [0, 0.05) is 18.0 Å². The summed E-state index contributed by atoms with van der Waals surface area (Å²) >= 11 is 0. The molecule has 3 rings (SSSR count). The predicted octanol–water partition coefficient (Wildman–Crippen LogP) is 2.38. The minimum Gasteiger partial charge on any atom is -0.487 e. The Bertz CT molecular complexity index is 772. The molecule has 2 heterocycles. The van der Waals surface area contributed by atoms with Gasteiger partial charge in [0.15, 0.2) is 5.78 Å². The summed E-state index contributed by atoms with van der Waals surface area (Å²) in [6.07, 6.45) is 0. The van der Waals surface area contributed by atoms with Gasteiger partial charge in [-0.25, -0.2) is 0 Å². The molecule has 6 heteroatoms. The van der Waals surface area contributed by atoms with Crippen molar-refractivity contribution in [3.05, 3.63) is 41.3 Å². The number of hydrogen-bond acceptors (Lipinski definition) is 4. The molecule has 0 aliphatic carbocycles. The standard InChI is InChI=1S/C14H14N4O2/c1-8-5-10(16-15-8)7-20-11-3-4-13-12(6-11)14(9(2)19)18-17-13/h3-6H,7H2,1-2H3,(H,15,16)(H,17,18). The van der Waals surface area contributed by atoms with Gasteiger partial charge in [-0.1, -0.05) is 0 Å². The van der Waals surface area contributed by atoms with Crippen molar-refractivity contribution in [2.45, 2.75) is 20.5 Å². The quantitative estimate of drug-likeness (QED) is 0.713.